The average Bonchev–Trinajstić information content (AvgIpc) is 2.77. The SMILES string of the molecule is CCCCNC(=O)C1=C(C)c2cc(OC)c(OC)cc2C1=O. The van der Waals surface area contributed by atoms with Crippen molar-refractivity contribution in [2.45, 2.75) is 26.7 Å². The molecule has 0 saturated carbocycles. The van der Waals surface area contributed by atoms with Crippen LogP contribution in [0, 0.1) is 0 Å². The van der Waals surface area contributed by atoms with E-state index >= 15 is 0 Å². The quantitative estimate of drug-likeness (QED) is 0.648. The van der Waals surface area contributed by atoms with Gasteiger partial charge in [0.2, 0.25) is 0 Å². The lowest BCUT2D eigenvalue weighted by molar-refractivity contribution is -0.117. The van der Waals surface area contributed by atoms with Gasteiger partial charge in [-0.2, -0.15) is 0 Å². The number of methoxy groups -OCH3 is 2. The van der Waals surface area contributed by atoms with Crippen LogP contribution in [0.25, 0.3) is 5.57 Å². The number of ether oxygens (including phenoxy) is 2. The molecule has 0 unspecified atom stereocenters. The van der Waals surface area contributed by atoms with Gasteiger partial charge in [-0.05, 0) is 36.6 Å². The standard InChI is InChI=1S/C17H21NO4/c1-5-6-7-18-17(20)15-10(2)11-8-13(21-3)14(22-4)9-12(11)16(15)19/h8-9H,5-7H2,1-4H3,(H,18,20). The van der Waals surface area contributed by atoms with Crippen LogP contribution >= 0.6 is 0 Å². The maximum atomic E-state index is 12.5. The lowest BCUT2D eigenvalue weighted by Crippen LogP contribution is -2.28. The molecule has 0 saturated heterocycles. The molecule has 1 amide bonds. The number of benzene rings is 1. The Bertz CT molecular complexity index is 646. The van der Waals surface area contributed by atoms with Gasteiger partial charge in [-0.15, -0.1) is 0 Å². The van der Waals surface area contributed by atoms with Gasteiger partial charge in [-0.3, -0.25) is 9.59 Å². The molecule has 2 rings (SSSR count). The number of fused-ring (bicyclic) bond motifs is 1. The summed E-state index contributed by atoms with van der Waals surface area (Å²) >= 11 is 0. The van der Waals surface area contributed by atoms with Crippen LogP contribution in [-0.4, -0.2) is 32.5 Å². The summed E-state index contributed by atoms with van der Waals surface area (Å²) in [6.07, 6.45) is 1.88. The summed E-state index contributed by atoms with van der Waals surface area (Å²) in [6, 6.07) is 3.38. The zero-order valence-corrected chi connectivity index (χ0v) is 13.4. The maximum Gasteiger partial charge on any atom is 0.255 e. The number of unbranched alkanes of at least 4 members (excludes halogenated alkanes) is 1. The van der Waals surface area contributed by atoms with Gasteiger partial charge in [-0.1, -0.05) is 13.3 Å². The minimum Gasteiger partial charge on any atom is -0.493 e. The van der Waals surface area contributed by atoms with Crippen LogP contribution in [0.15, 0.2) is 17.7 Å². The predicted molar refractivity (Wildman–Crippen MR) is 84.4 cm³/mol. The van der Waals surface area contributed by atoms with Crippen molar-refractivity contribution in [1.82, 2.24) is 5.32 Å². The van der Waals surface area contributed by atoms with Gasteiger partial charge in [0.25, 0.3) is 5.91 Å². The number of carbonyl (C=O) groups is 2. The summed E-state index contributed by atoms with van der Waals surface area (Å²) < 4.78 is 10.5. The molecule has 1 N–H and O–H groups in total. The maximum absolute atomic E-state index is 12.5. The third-order valence-electron chi connectivity index (χ3n) is 3.82. The summed E-state index contributed by atoms with van der Waals surface area (Å²) in [7, 11) is 3.06. The molecule has 0 heterocycles. The molecule has 0 spiro atoms. The van der Waals surface area contributed by atoms with Gasteiger partial charge in [0.1, 0.15) is 0 Å². The molecule has 0 aromatic heterocycles. The van der Waals surface area contributed by atoms with Crippen LogP contribution in [-0.2, 0) is 4.79 Å². The molecule has 0 aliphatic heterocycles. The second-order valence-electron chi connectivity index (χ2n) is 5.19. The highest BCUT2D eigenvalue weighted by atomic mass is 16.5. The zero-order valence-electron chi connectivity index (χ0n) is 13.4. The van der Waals surface area contributed by atoms with Crippen molar-refractivity contribution in [2.75, 3.05) is 20.8 Å². The monoisotopic (exact) mass is 303 g/mol. The second kappa shape index (κ2) is 6.64. The van der Waals surface area contributed by atoms with E-state index in [-0.39, 0.29) is 17.3 Å². The minimum atomic E-state index is -0.315. The molecule has 1 aromatic rings. The Morgan fingerprint density at radius 2 is 1.73 bits per heavy atom. The summed E-state index contributed by atoms with van der Waals surface area (Å²) in [6.45, 7) is 4.40. The predicted octanol–water partition coefficient (Wildman–Crippen LogP) is 2.59. The van der Waals surface area contributed by atoms with Crippen molar-refractivity contribution in [2.24, 2.45) is 0 Å². The molecule has 1 aromatic carbocycles. The lowest BCUT2D eigenvalue weighted by Gasteiger charge is -2.10. The number of amides is 1. The molecule has 0 radical (unpaired) electrons. The number of rotatable bonds is 6. The molecule has 0 fully saturated rings. The molecule has 0 atom stereocenters. The third kappa shape index (κ3) is 2.71. The van der Waals surface area contributed by atoms with Crippen LogP contribution in [0.4, 0.5) is 0 Å². The normalized spacial score (nSPS) is 13.2. The van der Waals surface area contributed by atoms with Crippen LogP contribution in [0.1, 0.15) is 42.6 Å². The molecule has 22 heavy (non-hydrogen) atoms. The Hall–Kier alpha value is -2.30. The fourth-order valence-electron chi connectivity index (χ4n) is 2.56. The fourth-order valence-corrected chi connectivity index (χ4v) is 2.56. The van der Waals surface area contributed by atoms with Gasteiger partial charge in [0.05, 0.1) is 19.8 Å². The number of allylic oxidation sites excluding steroid dienone is 1. The molecule has 5 nitrogen and oxygen atoms in total. The first kappa shape index (κ1) is 16.1. The van der Waals surface area contributed by atoms with Crippen LogP contribution < -0.4 is 14.8 Å². The van der Waals surface area contributed by atoms with E-state index in [1.54, 1.807) is 26.2 Å². The first-order chi connectivity index (χ1) is 10.5. The first-order valence-corrected chi connectivity index (χ1v) is 7.35. The van der Waals surface area contributed by atoms with E-state index in [2.05, 4.69) is 5.32 Å². The number of nitrogens with one attached hydrogen (secondary N) is 1. The topological polar surface area (TPSA) is 64.6 Å². The van der Waals surface area contributed by atoms with Crippen molar-refractivity contribution in [1.29, 1.82) is 0 Å². The molecular weight excluding hydrogens is 282 g/mol. The molecule has 118 valence electrons. The first-order valence-electron chi connectivity index (χ1n) is 7.35. The average molecular weight is 303 g/mol. The van der Waals surface area contributed by atoms with E-state index in [1.807, 2.05) is 6.92 Å². The number of carbonyl (C=O) groups excluding carboxylic acids is 2. The third-order valence-corrected chi connectivity index (χ3v) is 3.82. The van der Waals surface area contributed by atoms with Gasteiger partial charge in [-0.25, -0.2) is 0 Å². The molecular formula is C17H21NO4. The van der Waals surface area contributed by atoms with Crippen molar-refractivity contribution in [3.8, 4) is 11.5 Å². The van der Waals surface area contributed by atoms with Gasteiger partial charge >= 0.3 is 0 Å². The smallest absolute Gasteiger partial charge is 0.255 e. The Morgan fingerprint density at radius 1 is 1.14 bits per heavy atom. The number of hydrogen-bond donors (Lipinski definition) is 1. The van der Waals surface area contributed by atoms with E-state index in [0.717, 1.165) is 18.4 Å². The molecule has 1 aliphatic rings. The van der Waals surface area contributed by atoms with Gasteiger partial charge < -0.3 is 14.8 Å². The van der Waals surface area contributed by atoms with Crippen molar-refractivity contribution >= 4 is 17.3 Å². The summed E-state index contributed by atoms with van der Waals surface area (Å²) in [4.78, 5) is 24.8. The van der Waals surface area contributed by atoms with Crippen molar-refractivity contribution in [3.63, 3.8) is 0 Å². The van der Waals surface area contributed by atoms with E-state index < -0.39 is 0 Å². The highest BCUT2D eigenvalue weighted by Gasteiger charge is 2.33. The van der Waals surface area contributed by atoms with Crippen molar-refractivity contribution < 1.29 is 19.1 Å². The van der Waals surface area contributed by atoms with Crippen LogP contribution in [0.3, 0.4) is 0 Å². The van der Waals surface area contributed by atoms with E-state index in [0.29, 0.717) is 29.2 Å². The minimum absolute atomic E-state index is 0.210. The fraction of sp³-hybridized carbons (Fsp3) is 0.412. The zero-order chi connectivity index (χ0) is 16.3. The highest BCUT2D eigenvalue weighted by molar-refractivity contribution is 6.34. The highest BCUT2D eigenvalue weighted by Crippen LogP contribution is 2.39. The Morgan fingerprint density at radius 3 is 2.27 bits per heavy atom. The second-order valence-corrected chi connectivity index (χ2v) is 5.19. The summed E-state index contributed by atoms with van der Waals surface area (Å²) in [5, 5.41) is 2.80. The largest absolute Gasteiger partial charge is 0.493 e. The summed E-state index contributed by atoms with van der Waals surface area (Å²) in [5.74, 6) is 0.448. The lowest BCUT2D eigenvalue weighted by atomic mass is 10.1. The number of hydrogen-bond acceptors (Lipinski definition) is 4. The molecule has 1 aliphatic carbocycles. The van der Waals surface area contributed by atoms with Crippen LogP contribution in [0.5, 0.6) is 11.5 Å². The Labute approximate surface area is 130 Å². The molecule has 5 heteroatoms. The van der Waals surface area contributed by atoms with Crippen molar-refractivity contribution in [3.05, 3.63) is 28.8 Å². The van der Waals surface area contributed by atoms with Gasteiger partial charge in [0.15, 0.2) is 17.3 Å². The number of Topliss-reactive ketones (excluding diaryl/α,β-unsaturated/α-hetero) is 1. The van der Waals surface area contributed by atoms with E-state index in [9.17, 15) is 9.59 Å². The molecule has 0 bridgehead atoms. The van der Waals surface area contributed by atoms with Gasteiger partial charge in [0, 0.05) is 12.1 Å². The number of ketones is 1. The van der Waals surface area contributed by atoms with E-state index in [1.165, 1.54) is 7.11 Å². The van der Waals surface area contributed by atoms with Crippen LogP contribution in [0.2, 0.25) is 0 Å². The Balaban J connectivity index is 2.37. The van der Waals surface area contributed by atoms with E-state index in [4.69, 9.17) is 9.47 Å². The Kier molecular flexibility index (Phi) is 4.85. The summed E-state index contributed by atoms with van der Waals surface area (Å²) in [5.41, 5.74) is 2.09.